The highest BCUT2D eigenvalue weighted by Crippen LogP contribution is 2.24. The average molecular weight is 343 g/mol. The average Bonchev–Trinajstić information content (AvgIpc) is 2.45. The molecule has 0 unspecified atom stereocenters. The molecule has 0 radical (unpaired) electrons. The molecule has 0 aliphatic carbocycles. The number of ketones is 1. The molecule has 20 heavy (non-hydrogen) atoms. The summed E-state index contributed by atoms with van der Waals surface area (Å²) < 4.78 is 5.96. The second kappa shape index (κ2) is 8.71. The summed E-state index contributed by atoms with van der Waals surface area (Å²) >= 11 is 3.32. The van der Waals surface area contributed by atoms with Gasteiger partial charge in [-0.15, -0.1) is 0 Å². The van der Waals surface area contributed by atoms with Crippen molar-refractivity contribution in [2.75, 3.05) is 27.2 Å². The molecule has 1 aromatic carbocycles. The van der Waals surface area contributed by atoms with Gasteiger partial charge in [0, 0.05) is 30.4 Å². The van der Waals surface area contributed by atoms with Crippen LogP contribution in [0.1, 0.15) is 23.2 Å². The number of nitrogens with one attached hydrogen (secondary N) is 2. The molecule has 2 N–H and O–H groups in total. The molecular weight excluding hydrogens is 324 g/mol. The van der Waals surface area contributed by atoms with Crippen LogP contribution in [0.2, 0.25) is 0 Å². The van der Waals surface area contributed by atoms with Crippen molar-refractivity contribution < 1.29 is 14.3 Å². The number of methoxy groups -OCH3 is 1. The van der Waals surface area contributed by atoms with Crippen molar-refractivity contribution in [3.05, 3.63) is 28.2 Å². The normalized spacial score (nSPS) is 10.2. The van der Waals surface area contributed by atoms with Crippen LogP contribution in [-0.2, 0) is 4.79 Å². The lowest BCUT2D eigenvalue weighted by Gasteiger charge is -2.08. The topological polar surface area (TPSA) is 67.4 Å². The zero-order valence-corrected chi connectivity index (χ0v) is 13.2. The van der Waals surface area contributed by atoms with Gasteiger partial charge in [0.25, 0.3) is 0 Å². The molecule has 0 bridgehead atoms. The fraction of sp³-hybridized carbons (Fsp3) is 0.429. The number of ether oxygens (including phenoxy) is 1. The molecule has 5 nitrogen and oxygen atoms in total. The van der Waals surface area contributed by atoms with E-state index in [-0.39, 0.29) is 24.5 Å². The Labute approximate surface area is 127 Å². The van der Waals surface area contributed by atoms with Crippen LogP contribution in [0, 0.1) is 0 Å². The predicted molar refractivity (Wildman–Crippen MR) is 81.2 cm³/mol. The summed E-state index contributed by atoms with van der Waals surface area (Å²) in [4.78, 5) is 23.7. The van der Waals surface area contributed by atoms with Crippen LogP contribution < -0.4 is 15.4 Å². The molecule has 1 amide bonds. The third-order valence-electron chi connectivity index (χ3n) is 2.74. The lowest BCUT2D eigenvalue weighted by atomic mass is 10.1. The molecular formula is C14H19BrN2O3. The second-order valence-corrected chi connectivity index (χ2v) is 5.14. The van der Waals surface area contributed by atoms with E-state index in [0.717, 1.165) is 4.47 Å². The SMILES string of the molecule is CNCCNC(=O)CCC(=O)c1cc(Br)ccc1OC. The van der Waals surface area contributed by atoms with Crippen molar-refractivity contribution in [3.63, 3.8) is 0 Å². The number of benzene rings is 1. The Morgan fingerprint density at radius 1 is 1.25 bits per heavy atom. The molecule has 110 valence electrons. The lowest BCUT2D eigenvalue weighted by Crippen LogP contribution is -2.30. The highest BCUT2D eigenvalue weighted by molar-refractivity contribution is 9.10. The minimum absolute atomic E-state index is 0.105. The zero-order chi connectivity index (χ0) is 15.0. The first-order valence-corrected chi connectivity index (χ1v) is 7.15. The Balaban J connectivity index is 2.54. The van der Waals surface area contributed by atoms with Gasteiger partial charge in [-0.2, -0.15) is 0 Å². The van der Waals surface area contributed by atoms with Crippen LogP contribution in [0.3, 0.4) is 0 Å². The Bertz CT molecular complexity index is 477. The van der Waals surface area contributed by atoms with Crippen molar-refractivity contribution in [2.45, 2.75) is 12.8 Å². The maximum atomic E-state index is 12.1. The molecule has 0 saturated carbocycles. The summed E-state index contributed by atoms with van der Waals surface area (Å²) in [6.07, 6.45) is 0.344. The number of halogens is 1. The van der Waals surface area contributed by atoms with E-state index in [1.54, 1.807) is 18.2 Å². The second-order valence-electron chi connectivity index (χ2n) is 4.22. The Morgan fingerprint density at radius 2 is 2.00 bits per heavy atom. The maximum Gasteiger partial charge on any atom is 0.220 e. The number of rotatable bonds is 8. The number of hydrogen-bond donors (Lipinski definition) is 2. The molecule has 0 saturated heterocycles. The molecule has 0 atom stereocenters. The van der Waals surface area contributed by atoms with Crippen LogP contribution in [0.5, 0.6) is 5.75 Å². The molecule has 6 heteroatoms. The van der Waals surface area contributed by atoms with Gasteiger partial charge in [0.05, 0.1) is 12.7 Å². The molecule has 1 rings (SSSR count). The first-order chi connectivity index (χ1) is 9.58. The standard InChI is InChI=1S/C14H19BrN2O3/c1-16-7-8-17-14(19)6-4-12(18)11-9-10(15)3-5-13(11)20-2/h3,5,9,16H,4,6-8H2,1-2H3,(H,17,19). The fourth-order valence-electron chi connectivity index (χ4n) is 1.68. The van der Waals surface area contributed by atoms with Crippen molar-refractivity contribution in [2.24, 2.45) is 0 Å². The molecule has 0 heterocycles. The quantitative estimate of drug-likeness (QED) is 0.558. The van der Waals surface area contributed by atoms with E-state index in [4.69, 9.17) is 4.74 Å². The number of carbonyl (C=O) groups is 2. The monoisotopic (exact) mass is 342 g/mol. The van der Waals surface area contributed by atoms with Crippen LogP contribution in [-0.4, -0.2) is 38.9 Å². The van der Waals surface area contributed by atoms with E-state index in [1.165, 1.54) is 7.11 Å². The van der Waals surface area contributed by atoms with Crippen molar-refractivity contribution in [1.82, 2.24) is 10.6 Å². The number of amides is 1. The predicted octanol–water partition coefficient (Wildman–Crippen LogP) is 1.76. The van der Waals surface area contributed by atoms with Crippen molar-refractivity contribution >= 4 is 27.6 Å². The van der Waals surface area contributed by atoms with Crippen LogP contribution in [0.4, 0.5) is 0 Å². The Morgan fingerprint density at radius 3 is 2.65 bits per heavy atom. The van der Waals surface area contributed by atoms with E-state index in [1.807, 2.05) is 7.05 Å². The van der Waals surface area contributed by atoms with Crippen LogP contribution in [0.15, 0.2) is 22.7 Å². The summed E-state index contributed by atoms with van der Waals surface area (Å²) in [5.41, 5.74) is 0.491. The fourth-order valence-corrected chi connectivity index (χ4v) is 2.04. The van der Waals surface area contributed by atoms with Gasteiger partial charge in [-0.3, -0.25) is 9.59 Å². The first-order valence-electron chi connectivity index (χ1n) is 6.36. The number of likely N-dealkylation sites (N-methyl/N-ethyl adjacent to an activating group) is 1. The third kappa shape index (κ3) is 5.30. The van der Waals surface area contributed by atoms with E-state index in [0.29, 0.717) is 24.4 Å². The highest BCUT2D eigenvalue weighted by atomic mass is 79.9. The molecule has 0 aliphatic rings. The third-order valence-corrected chi connectivity index (χ3v) is 3.23. The van der Waals surface area contributed by atoms with E-state index in [9.17, 15) is 9.59 Å². The van der Waals surface area contributed by atoms with Crippen molar-refractivity contribution in [1.29, 1.82) is 0 Å². The van der Waals surface area contributed by atoms with E-state index in [2.05, 4.69) is 26.6 Å². The highest BCUT2D eigenvalue weighted by Gasteiger charge is 2.14. The summed E-state index contributed by atoms with van der Waals surface area (Å²) in [6, 6.07) is 5.24. The van der Waals surface area contributed by atoms with Gasteiger partial charge in [-0.05, 0) is 25.2 Å². The minimum atomic E-state index is -0.123. The Kier molecular flexibility index (Phi) is 7.25. The molecule has 0 aliphatic heterocycles. The molecule has 0 spiro atoms. The maximum absolute atomic E-state index is 12.1. The van der Waals surface area contributed by atoms with E-state index >= 15 is 0 Å². The van der Waals surface area contributed by atoms with E-state index < -0.39 is 0 Å². The van der Waals surface area contributed by atoms with Gasteiger partial charge in [0.15, 0.2) is 5.78 Å². The van der Waals surface area contributed by atoms with Crippen LogP contribution >= 0.6 is 15.9 Å². The number of hydrogen-bond acceptors (Lipinski definition) is 4. The molecule has 1 aromatic rings. The van der Waals surface area contributed by atoms with Crippen LogP contribution in [0.25, 0.3) is 0 Å². The summed E-state index contributed by atoms with van der Waals surface area (Å²) in [5, 5.41) is 5.67. The smallest absolute Gasteiger partial charge is 0.220 e. The van der Waals surface area contributed by atoms with Gasteiger partial charge in [-0.1, -0.05) is 15.9 Å². The van der Waals surface area contributed by atoms with Gasteiger partial charge in [-0.25, -0.2) is 0 Å². The largest absolute Gasteiger partial charge is 0.496 e. The number of carbonyl (C=O) groups excluding carboxylic acids is 2. The van der Waals surface area contributed by atoms with Crippen molar-refractivity contribution in [3.8, 4) is 5.75 Å². The lowest BCUT2D eigenvalue weighted by molar-refractivity contribution is -0.121. The summed E-state index contributed by atoms with van der Waals surface area (Å²) in [5.74, 6) is 0.295. The zero-order valence-electron chi connectivity index (χ0n) is 11.7. The molecule has 0 aromatic heterocycles. The van der Waals surface area contributed by atoms with Gasteiger partial charge in [0.2, 0.25) is 5.91 Å². The summed E-state index contributed by atoms with van der Waals surface area (Å²) in [7, 11) is 3.33. The van der Waals surface area contributed by atoms with Gasteiger partial charge >= 0.3 is 0 Å². The molecule has 0 fully saturated rings. The minimum Gasteiger partial charge on any atom is -0.496 e. The first kappa shape index (κ1) is 16.7. The Hall–Kier alpha value is -1.40. The number of Topliss-reactive ketones (excluding diaryl/α,β-unsaturated/α-hetero) is 1. The van der Waals surface area contributed by atoms with Gasteiger partial charge in [0.1, 0.15) is 5.75 Å². The van der Waals surface area contributed by atoms with Gasteiger partial charge < -0.3 is 15.4 Å². The summed E-state index contributed by atoms with van der Waals surface area (Å²) in [6.45, 7) is 1.27.